The molecule has 0 aromatic carbocycles. The molecule has 1 aliphatic carbocycles. The molecular weight excluding hydrogens is 170 g/mol. The van der Waals surface area contributed by atoms with Crippen molar-refractivity contribution in [2.75, 3.05) is 0 Å². The topological polar surface area (TPSA) is 12.0 Å². The zero-order valence-electron chi connectivity index (χ0n) is 10.2. The summed E-state index contributed by atoms with van der Waals surface area (Å²) in [6.45, 7) is 6.97. The first-order chi connectivity index (χ1) is 6.64. The molecular formula is C13H27N. The van der Waals surface area contributed by atoms with E-state index in [2.05, 4.69) is 26.1 Å². The molecule has 1 N–H and O–H groups in total. The van der Waals surface area contributed by atoms with E-state index in [1.165, 1.54) is 51.4 Å². The van der Waals surface area contributed by atoms with Crippen molar-refractivity contribution in [3.8, 4) is 0 Å². The Morgan fingerprint density at radius 2 is 1.64 bits per heavy atom. The largest absolute Gasteiger partial charge is 0.309 e. The SMILES string of the molecule is CCCC(C)(C)NC1CCCCCC1. The van der Waals surface area contributed by atoms with E-state index in [-0.39, 0.29) is 0 Å². The molecule has 0 saturated heterocycles. The van der Waals surface area contributed by atoms with Crippen LogP contribution >= 0.6 is 0 Å². The molecule has 1 fully saturated rings. The first-order valence-corrected chi connectivity index (χ1v) is 6.42. The summed E-state index contributed by atoms with van der Waals surface area (Å²) in [5, 5.41) is 3.84. The molecule has 0 unspecified atom stereocenters. The van der Waals surface area contributed by atoms with Crippen molar-refractivity contribution >= 4 is 0 Å². The van der Waals surface area contributed by atoms with Gasteiger partial charge in [-0.05, 0) is 33.1 Å². The van der Waals surface area contributed by atoms with E-state index in [4.69, 9.17) is 0 Å². The van der Waals surface area contributed by atoms with Crippen LogP contribution in [0.2, 0.25) is 0 Å². The summed E-state index contributed by atoms with van der Waals surface area (Å²) >= 11 is 0. The van der Waals surface area contributed by atoms with Gasteiger partial charge in [-0.25, -0.2) is 0 Å². The number of rotatable bonds is 4. The van der Waals surface area contributed by atoms with Crippen molar-refractivity contribution in [2.45, 2.75) is 83.7 Å². The molecule has 1 heteroatoms. The summed E-state index contributed by atoms with van der Waals surface area (Å²) in [4.78, 5) is 0. The molecule has 1 rings (SSSR count). The van der Waals surface area contributed by atoms with Gasteiger partial charge in [-0.15, -0.1) is 0 Å². The van der Waals surface area contributed by atoms with Crippen LogP contribution in [-0.4, -0.2) is 11.6 Å². The molecule has 84 valence electrons. The maximum atomic E-state index is 3.84. The Balaban J connectivity index is 2.33. The normalized spacial score (nSPS) is 20.8. The Hall–Kier alpha value is -0.0400. The first-order valence-electron chi connectivity index (χ1n) is 6.42. The second kappa shape index (κ2) is 5.75. The van der Waals surface area contributed by atoms with E-state index in [0.29, 0.717) is 5.54 Å². The van der Waals surface area contributed by atoms with Crippen LogP contribution in [0.4, 0.5) is 0 Å². The van der Waals surface area contributed by atoms with E-state index in [1.54, 1.807) is 0 Å². The molecule has 0 aliphatic heterocycles. The van der Waals surface area contributed by atoms with Crippen molar-refractivity contribution in [2.24, 2.45) is 0 Å². The Kier molecular flexibility index (Phi) is 4.94. The summed E-state index contributed by atoms with van der Waals surface area (Å²) in [7, 11) is 0. The monoisotopic (exact) mass is 197 g/mol. The Morgan fingerprint density at radius 1 is 1.07 bits per heavy atom. The minimum atomic E-state index is 0.351. The quantitative estimate of drug-likeness (QED) is 0.674. The van der Waals surface area contributed by atoms with Crippen molar-refractivity contribution in [1.82, 2.24) is 5.32 Å². The van der Waals surface area contributed by atoms with E-state index in [9.17, 15) is 0 Å². The zero-order chi connectivity index (χ0) is 10.4. The summed E-state index contributed by atoms with van der Waals surface area (Å²) in [6, 6.07) is 0.791. The van der Waals surface area contributed by atoms with Gasteiger partial charge in [0.25, 0.3) is 0 Å². The van der Waals surface area contributed by atoms with Gasteiger partial charge in [0.1, 0.15) is 0 Å². The Morgan fingerprint density at radius 3 is 2.14 bits per heavy atom. The average molecular weight is 197 g/mol. The highest BCUT2D eigenvalue weighted by atomic mass is 15.0. The highest BCUT2D eigenvalue weighted by molar-refractivity contribution is 4.82. The van der Waals surface area contributed by atoms with Crippen LogP contribution in [0.25, 0.3) is 0 Å². The first kappa shape index (κ1) is 12.0. The van der Waals surface area contributed by atoms with Crippen molar-refractivity contribution in [3.05, 3.63) is 0 Å². The smallest absolute Gasteiger partial charge is 0.0127 e. The Bertz CT molecular complexity index is 143. The van der Waals surface area contributed by atoms with Crippen molar-refractivity contribution in [1.29, 1.82) is 0 Å². The van der Waals surface area contributed by atoms with Gasteiger partial charge >= 0.3 is 0 Å². The lowest BCUT2D eigenvalue weighted by Gasteiger charge is -2.31. The van der Waals surface area contributed by atoms with Crippen LogP contribution in [0.1, 0.15) is 72.1 Å². The maximum absolute atomic E-state index is 3.84. The molecule has 1 nitrogen and oxygen atoms in total. The number of nitrogens with one attached hydrogen (secondary N) is 1. The van der Waals surface area contributed by atoms with E-state index >= 15 is 0 Å². The lowest BCUT2D eigenvalue weighted by molar-refractivity contribution is 0.294. The minimum absolute atomic E-state index is 0.351. The van der Waals surface area contributed by atoms with Gasteiger partial charge in [-0.3, -0.25) is 0 Å². The van der Waals surface area contributed by atoms with Gasteiger partial charge in [0.2, 0.25) is 0 Å². The molecule has 1 aliphatic rings. The number of hydrogen-bond acceptors (Lipinski definition) is 1. The second-order valence-electron chi connectivity index (χ2n) is 5.47. The van der Waals surface area contributed by atoms with Crippen LogP contribution in [0.15, 0.2) is 0 Å². The van der Waals surface area contributed by atoms with E-state index in [1.807, 2.05) is 0 Å². The third kappa shape index (κ3) is 4.45. The summed E-state index contributed by atoms with van der Waals surface area (Å²) < 4.78 is 0. The third-order valence-electron chi connectivity index (χ3n) is 3.33. The molecule has 0 aromatic rings. The molecule has 14 heavy (non-hydrogen) atoms. The van der Waals surface area contributed by atoms with Crippen LogP contribution < -0.4 is 5.32 Å². The standard InChI is InChI=1S/C13H27N/c1-4-11-13(2,3)14-12-9-7-5-6-8-10-12/h12,14H,4-11H2,1-3H3. The summed E-state index contributed by atoms with van der Waals surface area (Å²) in [6.07, 6.45) is 11.1. The van der Waals surface area contributed by atoms with Gasteiger partial charge in [0.05, 0.1) is 0 Å². The van der Waals surface area contributed by atoms with Gasteiger partial charge in [0.15, 0.2) is 0 Å². The highest BCUT2D eigenvalue weighted by Gasteiger charge is 2.21. The van der Waals surface area contributed by atoms with Crippen LogP contribution in [0.5, 0.6) is 0 Å². The zero-order valence-corrected chi connectivity index (χ0v) is 10.2. The maximum Gasteiger partial charge on any atom is 0.0127 e. The predicted octanol–water partition coefficient (Wildman–Crippen LogP) is 3.88. The van der Waals surface area contributed by atoms with Gasteiger partial charge in [-0.2, -0.15) is 0 Å². The van der Waals surface area contributed by atoms with Crippen LogP contribution in [0.3, 0.4) is 0 Å². The average Bonchev–Trinajstić information content (AvgIpc) is 2.31. The fourth-order valence-electron chi connectivity index (χ4n) is 2.67. The molecule has 0 heterocycles. The summed E-state index contributed by atoms with van der Waals surface area (Å²) in [5.41, 5.74) is 0.351. The Labute approximate surface area is 89.7 Å². The van der Waals surface area contributed by atoms with E-state index < -0.39 is 0 Å². The fraction of sp³-hybridized carbons (Fsp3) is 1.00. The van der Waals surface area contributed by atoms with Crippen molar-refractivity contribution in [3.63, 3.8) is 0 Å². The predicted molar refractivity (Wildman–Crippen MR) is 63.6 cm³/mol. The third-order valence-corrected chi connectivity index (χ3v) is 3.33. The second-order valence-corrected chi connectivity index (χ2v) is 5.47. The molecule has 0 atom stereocenters. The molecule has 0 bridgehead atoms. The van der Waals surface area contributed by atoms with Crippen LogP contribution in [0, 0.1) is 0 Å². The van der Waals surface area contributed by atoms with Gasteiger partial charge < -0.3 is 5.32 Å². The molecule has 1 saturated carbocycles. The molecule has 0 spiro atoms. The minimum Gasteiger partial charge on any atom is -0.309 e. The fourth-order valence-corrected chi connectivity index (χ4v) is 2.67. The lowest BCUT2D eigenvalue weighted by Crippen LogP contribution is -2.45. The van der Waals surface area contributed by atoms with Gasteiger partial charge in [0, 0.05) is 11.6 Å². The van der Waals surface area contributed by atoms with E-state index in [0.717, 1.165) is 6.04 Å². The van der Waals surface area contributed by atoms with Gasteiger partial charge in [-0.1, -0.05) is 39.0 Å². The highest BCUT2D eigenvalue weighted by Crippen LogP contribution is 2.21. The molecule has 0 aromatic heterocycles. The molecule has 0 radical (unpaired) electrons. The van der Waals surface area contributed by atoms with Crippen molar-refractivity contribution < 1.29 is 0 Å². The lowest BCUT2D eigenvalue weighted by atomic mass is 9.96. The molecule has 0 amide bonds. The number of hydrogen-bond donors (Lipinski definition) is 1. The summed E-state index contributed by atoms with van der Waals surface area (Å²) in [5.74, 6) is 0. The van der Waals surface area contributed by atoms with Crippen LogP contribution in [-0.2, 0) is 0 Å².